The Morgan fingerprint density at radius 3 is 2.07 bits per heavy atom. The number of aliphatic hydroxyl groups excluding tert-OH is 1. The summed E-state index contributed by atoms with van der Waals surface area (Å²) in [5, 5.41) is 24.7. The number of hydrogen-bond acceptors (Lipinski definition) is 8. The lowest BCUT2D eigenvalue weighted by Crippen LogP contribution is -2.54. The van der Waals surface area contributed by atoms with Crippen molar-refractivity contribution in [3.05, 3.63) is 35.6 Å². The number of aliphatic hydroxyl groups is 1. The molecule has 4 amide bonds. The Morgan fingerprint density at radius 1 is 1.09 bits per heavy atom. The molecule has 54 heavy (non-hydrogen) atoms. The van der Waals surface area contributed by atoms with Crippen LogP contribution in [0.3, 0.4) is 0 Å². The van der Waals surface area contributed by atoms with Gasteiger partial charge in [0, 0.05) is 39.8 Å². The van der Waals surface area contributed by atoms with Gasteiger partial charge in [0.2, 0.25) is 24.1 Å². The average molecular weight is 770 g/mol. The van der Waals surface area contributed by atoms with Crippen LogP contribution < -0.4 is 16.0 Å². The highest BCUT2D eigenvalue weighted by molar-refractivity contribution is 5.87. The molecule has 0 aliphatic carbocycles. The summed E-state index contributed by atoms with van der Waals surface area (Å²) in [6.45, 7) is 19.3. The molecule has 1 aliphatic rings. The molecule has 0 aromatic heterocycles. The molecule has 1 aromatic rings. The predicted octanol–water partition coefficient (Wildman–Crippen LogP) is 4.25. The number of rotatable bonds is 18. The van der Waals surface area contributed by atoms with E-state index in [1.54, 1.807) is 32.2 Å². The molecule has 0 radical (unpaired) electrons. The molecule has 1 aliphatic heterocycles. The van der Waals surface area contributed by atoms with E-state index in [0.717, 1.165) is 25.8 Å². The minimum Gasteiger partial charge on any atom is -0.480 e. The van der Waals surface area contributed by atoms with E-state index < -0.39 is 23.9 Å². The van der Waals surface area contributed by atoms with E-state index >= 15 is 0 Å². The number of nitrogens with one attached hydrogen (secondary N) is 3. The molecule has 1 saturated heterocycles. The average Bonchev–Trinajstić information content (AvgIpc) is 3.57. The van der Waals surface area contributed by atoms with Crippen molar-refractivity contribution in [2.75, 3.05) is 40.9 Å². The number of nitrogens with zero attached hydrogens (tertiary/aromatic N) is 2. The molecule has 1 aromatic carbocycles. The van der Waals surface area contributed by atoms with Crippen molar-refractivity contribution >= 4 is 30.1 Å². The van der Waals surface area contributed by atoms with Gasteiger partial charge in [-0.15, -0.1) is 0 Å². The van der Waals surface area contributed by atoms with Gasteiger partial charge in [0.1, 0.15) is 11.9 Å². The van der Waals surface area contributed by atoms with Crippen molar-refractivity contribution in [3.8, 4) is 0 Å². The van der Waals surface area contributed by atoms with Gasteiger partial charge >= 0.3 is 5.97 Å². The van der Waals surface area contributed by atoms with Crippen molar-refractivity contribution in [1.82, 2.24) is 25.8 Å². The first kappa shape index (κ1) is 52.5. The molecule has 6 atom stereocenters. The molecule has 1 heterocycles. The van der Waals surface area contributed by atoms with Crippen LogP contribution in [0.1, 0.15) is 100.0 Å². The summed E-state index contributed by atoms with van der Waals surface area (Å²) < 4.78 is 18.9. The number of amides is 4. The Morgan fingerprint density at radius 2 is 1.67 bits per heavy atom. The van der Waals surface area contributed by atoms with Crippen molar-refractivity contribution in [1.29, 1.82) is 0 Å². The third-order valence-electron chi connectivity index (χ3n) is 8.99. The van der Waals surface area contributed by atoms with Crippen LogP contribution in [0.15, 0.2) is 24.3 Å². The van der Waals surface area contributed by atoms with Gasteiger partial charge in [-0.25, -0.2) is 9.18 Å². The van der Waals surface area contributed by atoms with Crippen LogP contribution in [-0.2, 0) is 35.1 Å². The number of hydrogen-bond donors (Lipinski definition) is 5. The highest BCUT2D eigenvalue weighted by Crippen LogP contribution is 2.24. The van der Waals surface area contributed by atoms with Crippen LogP contribution >= 0.6 is 0 Å². The van der Waals surface area contributed by atoms with Gasteiger partial charge < -0.3 is 40.7 Å². The summed E-state index contributed by atoms with van der Waals surface area (Å²) >= 11 is 0. The number of carboxylic acid groups (broad SMARTS) is 1. The summed E-state index contributed by atoms with van der Waals surface area (Å²) in [6.07, 6.45) is 4.22. The fourth-order valence-electron chi connectivity index (χ4n) is 5.69. The number of aliphatic carboxylic acids is 1. The molecule has 6 unspecified atom stereocenters. The fourth-order valence-corrected chi connectivity index (χ4v) is 5.69. The highest BCUT2D eigenvalue weighted by atomic mass is 19.1. The number of benzene rings is 1. The Kier molecular flexibility index (Phi) is 28.9. The number of carboxylic acids is 1. The number of methoxy groups -OCH3 is 1. The SMILES string of the molecule is CC(C)CO.CCC.CCC(C)C(C(CC(=O)N1CCCC1C)OC)N(C)C(=O)CNC(=O)C(NC)C(C)C.O=CNC(Cc1ccccc1F)C(=O)O. The lowest BCUT2D eigenvalue weighted by atomic mass is 9.90. The van der Waals surface area contributed by atoms with Crippen molar-refractivity contribution < 1.29 is 43.3 Å². The standard InChI is InChI=1S/C23H44N4O4.C10H10FNO3.C4H10O.C3H8/c1-9-16(4)22(18(31-8)13-19(28)27-12-10-11-17(27)5)26(7)20(29)14-25-23(30)21(24-6)15(2)3;11-8-4-2-1-3-7(8)5-9(10(14)15)12-6-13;1-4(2)3-5;1-3-2/h15-18,21-22,24H,9-14H2,1-8H3,(H,25,30);1-4,6,9H,5H2,(H,12,13)(H,14,15);4-5H,3H2,1-2H3;3H2,1-2H3. The first-order valence-electron chi connectivity index (χ1n) is 19.2. The van der Waals surface area contributed by atoms with E-state index in [0.29, 0.717) is 18.9 Å². The van der Waals surface area contributed by atoms with Gasteiger partial charge in [0.05, 0.1) is 31.2 Å². The van der Waals surface area contributed by atoms with E-state index in [9.17, 15) is 28.4 Å². The molecule has 0 spiro atoms. The van der Waals surface area contributed by atoms with E-state index in [-0.39, 0.29) is 72.6 Å². The van der Waals surface area contributed by atoms with Gasteiger partial charge in [-0.05, 0) is 56.2 Å². The van der Waals surface area contributed by atoms with Gasteiger partial charge in [0.15, 0.2) is 0 Å². The Hall–Kier alpha value is -3.62. The number of carbonyl (C=O) groups excluding carboxylic acids is 4. The zero-order valence-corrected chi connectivity index (χ0v) is 35.0. The minimum absolute atomic E-state index is 0.0687. The monoisotopic (exact) mass is 770 g/mol. The molecule has 1 fully saturated rings. The van der Waals surface area contributed by atoms with Crippen molar-refractivity contribution in [2.24, 2.45) is 17.8 Å². The summed E-state index contributed by atoms with van der Waals surface area (Å²) in [7, 11) is 5.07. The number of ether oxygens (including phenoxy) is 1. The Labute approximate surface area is 324 Å². The minimum atomic E-state index is -1.19. The van der Waals surface area contributed by atoms with Crippen LogP contribution in [0.4, 0.5) is 4.39 Å². The van der Waals surface area contributed by atoms with Gasteiger partial charge in [0.25, 0.3) is 0 Å². The topological polar surface area (TPSA) is 178 Å². The predicted molar refractivity (Wildman–Crippen MR) is 211 cm³/mol. The third-order valence-corrected chi connectivity index (χ3v) is 8.99. The number of likely N-dealkylation sites (tertiary alicyclic amines) is 1. The molecular weight excluding hydrogens is 697 g/mol. The van der Waals surface area contributed by atoms with E-state index in [1.807, 2.05) is 32.6 Å². The molecule has 0 bridgehead atoms. The molecule has 0 saturated carbocycles. The van der Waals surface area contributed by atoms with Crippen molar-refractivity contribution in [2.45, 2.75) is 131 Å². The van der Waals surface area contributed by atoms with Crippen LogP contribution in [0.25, 0.3) is 0 Å². The van der Waals surface area contributed by atoms with Crippen LogP contribution in [0, 0.1) is 23.6 Å². The lowest BCUT2D eigenvalue weighted by Gasteiger charge is -2.38. The van der Waals surface area contributed by atoms with E-state index in [1.165, 1.54) is 24.6 Å². The summed E-state index contributed by atoms with van der Waals surface area (Å²) in [6, 6.07) is 4.40. The summed E-state index contributed by atoms with van der Waals surface area (Å²) in [5.74, 6) is -1.28. The lowest BCUT2D eigenvalue weighted by molar-refractivity contribution is -0.142. The van der Waals surface area contributed by atoms with Crippen molar-refractivity contribution in [3.63, 3.8) is 0 Å². The maximum absolute atomic E-state index is 13.1. The smallest absolute Gasteiger partial charge is 0.326 e. The number of halogens is 1. The third kappa shape index (κ3) is 20.2. The van der Waals surface area contributed by atoms with Crippen LogP contribution in [-0.4, -0.2) is 121 Å². The van der Waals surface area contributed by atoms with Gasteiger partial charge in [-0.2, -0.15) is 0 Å². The Bertz CT molecular complexity index is 1220. The number of carbonyl (C=O) groups is 5. The largest absolute Gasteiger partial charge is 0.480 e. The zero-order valence-electron chi connectivity index (χ0n) is 35.0. The van der Waals surface area contributed by atoms with E-state index in [4.69, 9.17) is 14.9 Å². The quantitative estimate of drug-likeness (QED) is 0.137. The van der Waals surface area contributed by atoms with Gasteiger partial charge in [-0.1, -0.05) is 86.4 Å². The second-order valence-corrected chi connectivity index (χ2v) is 14.4. The fraction of sp³-hybridized carbons (Fsp3) is 0.725. The highest BCUT2D eigenvalue weighted by Gasteiger charge is 2.36. The molecular formula is C40H72FN5O8. The second-order valence-electron chi connectivity index (χ2n) is 14.4. The summed E-state index contributed by atoms with van der Waals surface area (Å²) in [5.41, 5.74) is 0.263. The molecule has 14 heteroatoms. The number of likely N-dealkylation sites (N-methyl/N-ethyl adjacent to an activating group) is 2. The normalized spacial score (nSPS) is 16.1. The molecule has 5 N–H and O–H groups in total. The molecule has 2 rings (SSSR count). The van der Waals surface area contributed by atoms with E-state index in [2.05, 4.69) is 50.6 Å². The second kappa shape index (κ2) is 29.7. The first-order valence-corrected chi connectivity index (χ1v) is 19.2. The van der Waals surface area contributed by atoms with Gasteiger partial charge in [-0.3, -0.25) is 19.2 Å². The van der Waals surface area contributed by atoms with Crippen LogP contribution in [0.2, 0.25) is 0 Å². The summed E-state index contributed by atoms with van der Waals surface area (Å²) in [4.78, 5) is 62.6. The zero-order chi connectivity index (χ0) is 42.0. The maximum Gasteiger partial charge on any atom is 0.326 e. The van der Waals surface area contributed by atoms with Crippen LogP contribution in [0.5, 0.6) is 0 Å². The first-order chi connectivity index (χ1) is 25.4. The Balaban J connectivity index is 0. The maximum atomic E-state index is 13.1. The molecule has 312 valence electrons. The molecule has 13 nitrogen and oxygen atoms in total.